The molecule has 3 heteroatoms. The molecule has 2 fully saturated rings. The van der Waals surface area contributed by atoms with Crippen LogP contribution in [-0.2, 0) is 0 Å². The summed E-state index contributed by atoms with van der Waals surface area (Å²) in [6.07, 6.45) is 0. The highest BCUT2D eigenvalue weighted by atomic mass is 35.5. The minimum Gasteiger partial charge on any atom is -0.371 e. The molecule has 1 saturated heterocycles. The second-order valence-corrected chi connectivity index (χ2v) is 4.80. The van der Waals surface area contributed by atoms with Crippen LogP contribution in [-0.4, -0.2) is 13.1 Å². The number of fused-ring (bicyclic) bond motifs is 1. The van der Waals surface area contributed by atoms with Gasteiger partial charge in [0.2, 0.25) is 0 Å². The molecule has 0 bridgehead atoms. The summed E-state index contributed by atoms with van der Waals surface area (Å²) in [5.41, 5.74) is 1.23. The molecule has 15 heavy (non-hydrogen) atoms. The summed E-state index contributed by atoms with van der Waals surface area (Å²) >= 11 is 5.84. The van der Waals surface area contributed by atoms with Gasteiger partial charge in [0.15, 0.2) is 0 Å². The number of halogens is 1. The lowest BCUT2D eigenvalue weighted by atomic mass is 10.2. The fraction of sp³-hybridized carbons (Fsp3) is 0.417. The van der Waals surface area contributed by atoms with Gasteiger partial charge in [0.05, 0.1) is 12.0 Å². The van der Waals surface area contributed by atoms with E-state index in [0.29, 0.717) is 17.8 Å². The van der Waals surface area contributed by atoms with E-state index in [1.165, 1.54) is 5.69 Å². The van der Waals surface area contributed by atoms with Crippen molar-refractivity contribution in [1.29, 1.82) is 5.26 Å². The van der Waals surface area contributed by atoms with Crippen LogP contribution in [0, 0.1) is 29.1 Å². The van der Waals surface area contributed by atoms with Gasteiger partial charge in [-0.1, -0.05) is 11.6 Å². The van der Waals surface area contributed by atoms with Gasteiger partial charge in [-0.05, 0) is 36.1 Å². The summed E-state index contributed by atoms with van der Waals surface area (Å²) in [6, 6.07) is 10.3. The normalized spacial score (nSPS) is 32.3. The Kier molecular flexibility index (Phi) is 1.90. The number of benzene rings is 1. The molecule has 2 nitrogen and oxygen atoms in total. The van der Waals surface area contributed by atoms with E-state index in [4.69, 9.17) is 16.9 Å². The Morgan fingerprint density at radius 1 is 1.20 bits per heavy atom. The van der Waals surface area contributed by atoms with Gasteiger partial charge >= 0.3 is 0 Å². The molecule has 1 heterocycles. The quantitative estimate of drug-likeness (QED) is 0.725. The molecule has 0 radical (unpaired) electrons. The van der Waals surface area contributed by atoms with Gasteiger partial charge in [-0.25, -0.2) is 0 Å². The lowest BCUT2D eigenvalue weighted by molar-refractivity contribution is 0.744. The summed E-state index contributed by atoms with van der Waals surface area (Å²) in [7, 11) is 0. The zero-order chi connectivity index (χ0) is 10.4. The number of hydrogen-bond donors (Lipinski definition) is 0. The van der Waals surface area contributed by atoms with Crippen molar-refractivity contribution in [2.24, 2.45) is 17.8 Å². The second-order valence-electron chi connectivity index (χ2n) is 4.36. The number of hydrogen-bond acceptors (Lipinski definition) is 2. The van der Waals surface area contributed by atoms with E-state index in [0.717, 1.165) is 18.1 Å². The standard InChI is InChI=1S/C12H11ClN2/c13-8-1-3-9(4-2-8)15-6-11-10(5-14)12(11)7-15/h1-4,10-12H,6-7H2. The van der Waals surface area contributed by atoms with Crippen LogP contribution in [0.5, 0.6) is 0 Å². The molecule has 1 aliphatic carbocycles. The van der Waals surface area contributed by atoms with Crippen LogP contribution in [0.1, 0.15) is 0 Å². The summed E-state index contributed by atoms with van der Waals surface area (Å²) in [4.78, 5) is 2.35. The number of piperidine rings is 1. The van der Waals surface area contributed by atoms with E-state index < -0.39 is 0 Å². The van der Waals surface area contributed by atoms with E-state index in [1.807, 2.05) is 12.1 Å². The first kappa shape index (κ1) is 9.06. The van der Waals surface area contributed by atoms with E-state index in [1.54, 1.807) is 0 Å². The van der Waals surface area contributed by atoms with Gasteiger partial charge in [0.1, 0.15) is 0 Å². The van der Waals surface area contributed by atoms with Gasteiger partial charge in [0.25, 0.3) is 0 Å². The second kappa shape index (κ2) is 3.15. The van der Waals surface area contributed by atoms with Crippen molar-refractivity contribution < 1.29 is 0 Å². The monoisotopic (exact) mass is 218 g/mol. The molecular formula is C12H11ClN2. The summed E-state index contributed by atoms with van der Waals surface area (Å²) in [6.45, 7) is 2.06. The summed E-state index contributed by atoms with van der Waals surface area (Å²) < 4.78 is 0. The van der Waals surface area contributed by atoms with E-state index in [2.05, 4.69) is 23.1 Å². The Labute approximate surface area is 94.1 Å². The highest BCUT2D eigenvalue weighted by Gasteiger charge is 2.56. The zero-order valence-corrected chi connectivity index (χ0v) is 8.98. The van der Waals surface area contributed by atoms with Crippen LogP contribution in [0.15, 0.2) is 24.3 Å². The SMILES string of the molecule is N#CC1C2CN(c3ccc(Cl)cc3)CC12. The molecule has 1 aliphatic heterocycles. The first-order valence-corrected chi connectivity index (χ1v) is 5.57. The van der Waals surface area contributed by atoms with Crippen molar-refractivity contribution in [2.45, 2.75) is 0 Å². The third-order valence-electron chi connectivity index (χ3n) is 3.53. The molecule has 3 rings (SSSR count). The van der Waals surface area contributed by atoms with Crippen LogP contribution < -0.4 is 4.90 Å². The average molecular weight is 219 g/mol. The molecule has 2 atom stereocenters. The topological polar surface area (TPSA) is 27.0 Å². The van der Waals surface area contributed by atoms with Crippen LogP contribution in [0.2, 0.25) is 5.02 Å². The van der Waals surface area contributed by atoms with E-state index in [-0.39, 0.29) is 0 Å². The van der Waals surface area contributed by atoms with Gasteiger partial charge < -0.3 is 4.90 Å². The molecule has 76 valence electrons. The van der Waals surface area contributed by atoms with Crippen molar-refractivity contribution in [3.05, 3.63) is 29.3 Å². The fourth-order valence-electron chi connectivity index (χ4n) is 2.58. The predicted molar refractivity (Wildman–Crippen MR) is 59.7 cm³/mol. The van der Waals surface area contributed by atoms with Crippen molar-refractivity contribution in [1.82, 2.24) is 0 Å². The maximum atomic E-state index is 8.82. The zero-order valence-electron chi connectivity index (χ0n) is 8.23. The van der Waals surface area contributed by atoms with Crippen LogP contribution in [0.4, 0.5) is 5.69 Å². The minimum atomic E-state index is 0.327. The molecule has 2 aliphatic rings. The lowest BCUT2D eigenvalue weighted by Gasteiger charge is -2.20. The predicted octanol–water partition coefficient (Wildman–Crippen LogP) is 2.55. The molecule has 1 aromatic carbocycles. The molecule has 0 N–H and O–H groups in total. The Morgan fingerprint density at radius 3 is 2.33 bits per heavy atom. The first-order valence-electron chi connectivity index (χ1n) is 5.20. The number of nitrogens with zero attached hydrogens (tertiary/aromatic N) is 2. The van der Waals surface area contributed by atoms with Crippen molar-refractivity contribution in [3.8, 4) is 6.07 Å². The average Bonchev–Trinajstić information content (AvgIpc) is 2.72. The maximum absolute atomic E-state index is 8.82. The molecular weight excluding hydrogens is 208 g/mol. The number of anilines is 1. The third-order valence-corrected chi connectivity index (χ3v) is 3.79. The molecule has 0 spiro atoms. The van der Waals surface area contributed by atoms with Crippen molar-refractivity contribution in [3.63, 3.8) is 0 Å². The van der Waals surface area contributed by atoms with Crippen LogP contribution >= 0.6 is 11.6 Å². The van der Waals surface area contributed by atoms with Gasteiger partial charge in [-0.15, -0.1) is 0 Å². The van der Waals surface area contributed by atoms with Gasteiger partial charge in [-0.3, -0.25) is 0 Å². The Morgan fingerprint density at radius 2 is 1.80 bits per heavy atom. The highest BCUT2D eigenvalue weighted by Crippen LogP contribution is 2.51. The molecule has 1 aromatic rings. The Bertz CT molecular complexity index is 408. The summed E-state index contributed by atoms with van der Waals surface area (Å²) in [5, 5.41) is 9.60. The highest BCUT2D eigenvalue weighted by molar-refractivity contribution is 6.30. The van der Waals surface area contributed by atoms with Gasteiger partial charge in [0, 0.05) is 23.8 Å². The Hall–Kier alpha value is -1.20. The van der Waals surface area contributed by atoms with Gasteiger partial charge in [-0.2, -0.15) is 5.26 Å². The Balaban J connectivity index is 1.73. The maximum Gasteiger partial charge on any atom is 0.0663 e. The van der Waals surface area contributed by atoms with Crippen LogP contribution in [0.25, 0.3) is 0 Å². The smallest absolute Gasteiger partial charge is 0.0663 e. The molecule has 2 unspecified atom stereocenters. The third kappa shape index (κ3) is 1.39. The largest absolute Gasteiger partial charge is 0.371 e. The molecule has 0 aromatic heterocycles. The van der Waals surface area contributed by atoms with Crippen LogP contribution in [0.3, 0.4) is 0 Å². The number of nitriles is 1. The lowest BCUT2D eigenvalue weighted by Crippen LogP contribution is -2.23. The molecule has 0 amide bonds. The summed E-state index contributed by atoms with van der Waals surface area (Å²) in [5.74, 6) is 1.56. The van der Waals surface area contributed by atoms with Crippen molar-refractivity contribution >= 4 is 17.3 Å². The first-order chi connectivity index (χ1) is 7.29. The molecule has 1 saturated carbocycles. The van der Waals surface area contributed by atoms with E-state index >= 15 is 0 Å². The van der Waals surface area contributed by atoms with E-state index in [9.17, 15) is 0 Å². The number of rotatable bonds is 1. The minimum absolute atomic E-state index is 0.327. The van der Waals surface area contributed by atoms with Crippen molar-refractivity contribution in [2.75, 3.05) is 18.0 Å². The fourth-order valence-corrected chi connectivity index (χ4v) is 2.71.